The molecule has 3 N–H and O–H groups in total. The summed E-state index contributed by atoms with van der Waals surface area (Å²) in [7, 11) is 1.68. The van der Waals surface area contributed by atoms with Crippen LogP contribution >= 0.6 is 0 Å². The van der Waals surface area contributed by atoms with E-state index in [0.717, 1.165) is 41.0 Å². The van der Waals surface area contributed by atoms with Gasteiger partial charge in [0.25, 0.3) is 0 Å². The smallest absolute Gasteiger partial charge is 0.149 e. The largest absolute Gasteiger partial charge is 0.496 e. The minimum Gasteiger partial charge on any atom is -0.496 e. The molecule has 2 rings (SSSR count). The van der Waals surface area contributed by atoms with E-state index in [1.54, 1.807) is 7.11 Å². The van der Waals surface area contributed by atoms with Gasteiger partial charge < -0.3 is 10.5 Å². The van der Waals surface area contributed by atoms with Gasteiger partial charge >= 0.3 is 0 Å². The molecule has 0 saturated carbocycles. The van der Waals surface area contributed by atoms with Gasteiger partial charge in [0.05, 0.1) is 12.8 Å². The molecule has 1 heterocycles. The number of aromatic nitrogens is 2. The van der Waals surface area contributed by atoms with Gasteiger partial charge in [-0.25, -0.2) is 0 Å². The van der Waals surface area contributed by atoms with Crippen molar-refractivity contribution in [3.8, 4) is 17.0 Å². The molecule has 0 spiro atoms. The first kappa shape index (κ1) is 12.5. The number of aryl methyl sites for hydroxylation is 1. The number of hydrogen-bond donors (Lipinski definition) is 2. The maximum atomic E-state index is 5.89. The molecular formula is C14H19N3O. The Balaban J connectivity index is 2.48. The van der Waals surface area contributed by atoms with E-state index < -0.39 is 0 Å². The molecule has 1 aromatic carbocycles. The Kier molecular flexibility index (Phi) is 3.55. The molecule has 0 aliphatic heterocycles. The minimum absolute atomic E-state index is 0.589. The number of methoxy groups -OCH3 is 1. The zero-order valence-electron chi connectivity index (χ0n) is 11.1. The van der Waals surface area contributed by atoms with E-state index in [0.29, 0.717) is 5.82 Å². The number of aromatic amines is 1. The van der Waals surface area contributed by atoms with Gasteiger partial charge in [0, 0.05) is 11.1 Å². The van der Waals surface area contributed by atoms with Crippen LogP contribution in [0.2, 0.25) is 0 Å². The number of anilines is 1. The third kappa shape index (κ3) is 2.18. The molecule has 0 bridgehead atoms. The molecule has 0 atom stereocenters. The lowest BCUT2D eigenvalue weighted by atomic mass is 10.0. The summed E-state index contributed by atoms with van der Waals surface area (Å²) in [6, 6.07) is 6.12. The maximum Gasteiger partial charge on any atom is 0.149 e. The molecule has 0 fully saturated rings. The number of rotatable bonds is 4. The van der Waals surface area contributed by atoms with Crippen LogP contribution in [0.4, 0.5) is 5.82 Å². The average molecular weight is 245 g/mol. The van der Waals surface area contributed by atoms with Crippen molar-refractivity contribution < 1.29 is 4.74 Å². The molecule has 4 nitrogen and oxygen atoms in total. The summed E-state index contributed by atoms with van der Waals surface area (Å²) in [5.74, 6) is 1.47. The summed E-state index contributed by atoms with van der Waals surface area (Å²) in [5.41, 5.74) is 10.1. The topological polar surface area (TPSA) is 63.9 Å². The number of nitrogen functional groups attached to an aromatic ring is 1. The highest BCUT2D eigenvalue weighted by atomic mass is 16.5. The number of nitrogens with zero attached hydrogens (tertiary/aromatic N) is 1. The van der Waals surface area contributed by atoms with Crippen LogP contribution in [0.15, 0.2) is 18.2 Å². The van der Waals surface area contributed by atoms with Gasteiger partial charge in [0.1, 0.15) is 11.6 Å². The summed E-state index contributed by atoms with van der Waals surface area (Å²) in [6.07, 6.45) is 1.97. The van der Waals surface area contributed by atoms with Crippen molar-refractivity contribution in [3.05, 3.63) is 29.3 Å². The van der Waals surface area contributed by atoms with E-state index in [1.807, 2.05) is 19.1 Å². The van der Waals surface area contributed by atoms with Crippen molar-refractivity contribution in [1.29, 1.82) is 0 Å². The zero-order valence-corrected chi connectivity index (χ0v) is 11.1. The van der Waals surface area contributed by atoms with Gasteiger partial charge in [-0.15, -0.1) is 0 Å². The van der Waals surface area contributed by atoms with Gasteiger partial charge in [0.2, 0.25) is 0 Å². The third-order valence-electron chi connectivity index (χ3n) is 3.10. The number of ether oxygens (including phenoxy) is 1. The van der Waals surface area contributed by atoms with Crippen LogP contribution in [0.25, 0.3) is 11.3 Å². The summed E-state index contributed by atoms with van der Waals surface area (Å²) in [6.45, 7) is 4.16. The van der Waals surface area contributed by atoms with E-state index in [-0.39, 0.29) is 0 Å². The number of H-pyrrole nitrogens is 1. The quantitative estimate of drug-likeness (QED) is 0.870. The van der Waals surface area contributed by atoms with Crippen LogP contribution in [0.3, 0.4) is 0 Å². The molecule has 0 saturated heterocycles. The Morgan fingerprint density at radius 3 is 2.83 bits per heavy atom. The zero-order chi connectivity index (χ0) is 13.1. The normalized spacial score (nSPS) is 10.6. The summed E-state index contributed by atoms with van der Waals surface area (Å²) < 4.78 is 5.35. The predicted octanol–water partition coefficient (Wildman–Crippen LogP) is 2.93. The van der Waals surface area contributed by atoms with Crippen LogP contribution in [0.1, 0.15) is 24.5 Å². The second-order valence-electron chi connectivity index (χ2n) is 4.40. The minimum atomic E-state index is 0.589. The Bertz CT molecular complexity index is 546. The van der Waals surface area contributed by atoms with Crippen LogP contribution in [-0.4, -0.2) is 17.3 Å². The van der Waals surface area contributed by atoms with E-state index in [1.165, 1.54) is 0 Å². The number of nitrogens with two attached hydrogens (primary N) is 1. The third-order valence-corrected chi connectivity index (χ3v) is 3.10. The summed E-state index contributed by atoms with van der Waals surface area (Å²) in [5, 5.41) is 7.12. The number of hydrogen-bond acceptors (Lipinski definition) is 3. The van der Waals surface area contributed by atoms with Crippen molar-refractivity contribution in [2.75, 3.05) is 12.8 Å². The Morgan fingerprint density at radius 1 is 1.39 bits per heavy atom. The van der Waals surface area contributed by atoms with Gasteiger partial charge in [-0.2, -0.15) is 5.10 Å². The SMILES string of the molecule is CCCc1c(N)n[nH]c1-c1ccc(C)c(OC)c1. The van der Waals surface area contributed by atoms with Crippen molar-refractivity contribution in [3.63, 3.8) is 0 Å². The van der Waals surface area contributed by atoms with Gasteiger partial charge in [-0.3, -0.25) is 5.10 Å². The van der Waals surface area contributed by atoms with E-state index in [2.05, 4.69) is 23.2 Å². The van der Waals surface area contributed by atoms with Crippen LogP contribution < -0.4 is 10.5 Å². The van der Waals surface area contributed by atoms with Gasteiger partial charge in [-0.05, 0) is 25.0 Å². The molecule has 4 heteroatoms. The molecule has 0 radical (unpaired) electrons. The molecule has 0 unspecified atom stereocenters. The number of benzene rings is 1. The van der Waals surface area contributed by atoms with Crippen LogP contribution in [0.5, 0.6) is 5.75 Å². The molecule has 0 amide bonds. The van der Waals surface area contributed by atoms with E-state index in [4.69, 9.17) is 10.5 Å². The molecule has 18 heavy (non-hydrogen) atoms. The van der Waals surface area contributed by atoms with Gasteiger partial charge in [0.15, 0.2) is 0 Å². The van der Waals surface area contributed by atoms with Gasteiger partial charge in [-0.1, -0.05) is 25.5 Å². The monoisotopic (exact) mass is 245 g/mol. The highest BCUT2D eigenvalue weighted by Gasteiger charge is 2.12. The standard InChI is InChI=1S/C14H19N3O/c1-4-5-11-13(16-17-14(11)15)10-7-6-9(2)12(8-10)18-3/h6-8H,4-5H2,1-3H3,(H3,15,16,17). The molecule has 2 aromatic rings. The van der Waals surface area contributed by atoms with Crippen molar-refractivity contribution >= 4 is 5.82 Å². The molecule has 0 aliphatic rings. The molecule has 1 aromatic heterocycles. The average Bonchev–Trinajstić information content (AvgIpc) is 2.73. The van der Waals surface area contributed by atoms with E-state index in [9.17, 15) is 0 Å². The molecule has 0 aliphatic carbocycles. The lowest BCUT2D eigenvalue weighted by Crippen LogP contribution is -1.93. The summed E-state index contributed by atoms with van der Waals surface area (Å²) in [4.78, 5) is 0. The Morgan fingerprint density at radius 2 is 2.17 bits per heavy atom. The molecule has 96 valence electrons. The first-order chi connectivity index (χ1) is 8.67. The van der Waals surface area contributed by atoms with E-state index >= 15 is 0 Å². The highest BCUT2D eigenvalue weighted by molar-refractivity contribution is 5.69. The Labute approximate surface area is 107 Å². The fraction of sp³-hybridized carbons (Fsp3) is 0.357. The first-order valence-electron chi connectivity index (χ1n) is 6.15. The first-order valence-corrected chi connectivity index (χ1v) is 6.15. The second-order valence-corrected chi connectivity index (χ2v) is 4.40. The molecular weight excluding hydrogens is 226 g/mol. The fourth-order valence-corrected chi connectivity index (χ4v) is 2.10. The predicted molar refractivity (Wildman–Crippen MR) is 73.7 cm³/mol. The Hall–Kier alpha value is -1.97. The van der Waals surface area contributed by atoms with Crippen LogP contribution in [-0.2, 0) is 6.42 Å². The van der Waals surface area contributed by atoms with Crippen molar-refractivity contribution in [2.24, 2.45) is 0 Å². The lowest BCUT2D eigenvalue weighted by molar-refractivity contribution is 0.412. The summed E-state index contributed by atoms with van der Waals surface area (Å²) >= 11 is 0. The van der Waals surface area contributed by atoms with Crippen LogP contribution in [0, 0.1) is 6.92 Å². The second kappa shape index (κ2) is 5.12. The lowest BCUT2D eigenvalue weighted by Gasteiger charge is -2.08. The fourth-order valence-electron chi connectivity index (χ4n) is 2.10. The van der Waals surface area contributed by atoms with Crippen molar-refractivity contribution in [2.45, 2.75) is 26.7 Å². The van der Waals surface area contributed by atoms with Crippen molar-refractivity contribution in [1.82, 2.24) is 10.2 Å². The highest BCUT2D eigenvalue weighted by Crippen LogP contribution is 2.30. The maximum absolute atomic E-state index is 5.89. The number of nitrogens with one attached hydrogen (secondary N) is 1.